The lowest BCUT2D eigenvalue weighted by atomic mass is 9.99. The summed E-state index contributed by atoms with van der Waals surface area (Å²) in [7, 11) is 0. The number of aromatic nitrogens is 1. The van der Waals surface area contributed by atoms with Gasteiger partial charge in [-0.05, 0) is 63.7 Å². The van der Waals surface area contributed by atoms with Gasteiger partial charge >= 0.3 is 0 Å². The average Bonchev–Trinajstić information content (AvgIpc) is 3.24. The minimum atomic E-state index is 0.164. The normalized spacial score (nSPS) is 15.9. The zero-order valence-electron chi connectivity index (χ0n) is 18.1. The van der Waals surface area contributed by atoms with Crippen molar-refractivity contribution in [3.8, 4) is 11.1 Å². The number of hydrogen-bond donors (Lipinski definition) is 1. The van der Waals surface area contributed by atoms with Gasteiger partial charge in [-0.3, -0.25) is 14.7 Å². The van der Waals surface area contributed by atoms with Gasteiger partial charge in [0.1, 0.15) is 0 Å². The number of pyridine rings is 1. The maximum atomic E-state index is 11.7. The summed E-state index contributed by atoms with van der Waals surface area (Å²) in [5, 5.41) is 5.63. The van der Waals surface area contributed by atoms with Crippen molar-refractivity contribution in [2.45, 2.75) is 32.0 Å². The number of rotatable bonds is 7. The fraction of sp³-hybridized carbons (Fsp3) is 0.214. The summed E-state index contributed by atoms with van der Waals surface area (Å²) in [6.45, 7) is 2.50. The molecule has 5 rings (SSSR count). The topological polar surface area (TPSA) is 45.2 Å². The van der Waals surface area contributed by atoms with Gasteiger partial charge in [-0.1, -0.05) is 54.6 Å². The summed E-state index contributed by atoms with van der Waals surface area (Å²) in [6.07, 6.45) is 5.21. The van der Waals surface area contributed by atoms with E-state index in [1.807, 2.05) is 12.4 Å². The van der Waals surface area contributed by atoms with Crippen LogP contribution in [0.2, 0.25) is 0 Å². The van der Waals surface area contributed by atoms with Crippen LogP contribution in [0.15, 0.2) is 91.3 Å². The lowest BCUT2D eigenvalue weighted by molar-refractivity contribution is -0.119. The van der Waals surface area contributed by atoms with Gasteiger partial charge in [-0.25, -0.2) is 0 Å². The Balaban J connectivity index is 1.38. The highest BCUT2D eigenvalue weighted by atomic mass is 16.1. The lowest BCUT2D eigenvalue weighted by Crippen LogP contribution is -2.38. The maximum Gasteiger partial charge on any atom is 0.220 e. The van der Waals surface area contributed by atoms with Crippen LogP contribution in [0.5, 0.6) is 0 Å². The van der Waals surface area contributed by atoms with Gasteiger partial charge in [0, 0.05) is 44.5 Å². The van der Waals surface area contributed by atoms with E-state index in [0.29, 0.717) is 6.42 Å². The van der Waals surface area contributed by atoms with Crippen molar-refractivity contribution in [2.75, 3.05) is 6.54 Å². The van der Waals surface area contributed by atoms with E-state index in [0.717, 1.165) is 26.1 Å². The molecule has 1 atom stereocenters. The number of nitrogens with one attached hydrogen (secondary N) is 1. The molecule has 4 heteroatoms. The van der Waals surface area contributed by atoms with Crippen molar-refractivity contribution in [2.24, 2.45) is 0 Å². The Labute approximate surface area is 188 Å². The highest BCUT2D eigenvalue weighted by Gasteiger charge is 2.23. The van der Waals surface area contributed by atoms with Crippen molar-refractivity contribution in [3.63, 3.8) is 0 Å². The van der Waals surface area contributed by atoms with Crippen molar-refractivity contribution < 1.29 is 4.79 Å². The highest BCUT2D eigenvalue weighted by molar-refractivity contribution is 5.87. The zero-order valence-corrected chi connectivity index (χ0v) is 18.1. The molecule has 1 saturated heterocycles. The minimum Gasteiger partial charge on any atom is -0.352 e. The van der Waals surface area contributed by atoms with E-state index in [4.69, 9.17) is 0 Å². The number of hydrogen-bond acceptors (Lipinski definition) is 3. The molecule has 0 unspecified atom stereocenters. The summed E-state index contributed by atoms with van der Waals surface area (Å²) >= 11 is 0. The molecule has 0 saturated carbocycles. The van der Waals surface area contributed by atoms with Gasteiger partial charge in [-0.2, -0.15) is 0 Å². The predicted octanol–water partition coefficient (Wildman–Crippen LogP) is 5.18. The number of carbonyl (C=O) groups is 1. The molecular weight excluding hydrogens is 394 g/mol. The molecule has 4 aromatic rings. The molecule has 1 aliphatic rings. The molecule has 0 spiro atoms. The average molecular weight is 422 g/mol. The first kappa shape index (κ1) is 20.4. The van der Waals surface area contributed by atoms with Crippen LogP contribution in [0.3, 0.4) is 0 Å². The molecule has 1 aliphatic heterocycles. The summed E-state index contributed by atoms with van der Waals surface area (Å²) in [4.78, 5) is 18.3. The highest BCUT2D eigenvalue weighted by Crippen LogP contribution is 2.26. The van der Waals surface area contributed by atoms with Crippen molar-refractivity contribution in [3.05, 3.63) is 102 Å². The first-order valence-corrected chi connectivity index (χ1v) is 11.2. The van der Waals surface area contributed by atoms with E-state index in [2.05, 4.69) is 94.1 Å². The Morgan fingerprint density at radius 2 is 1.59 bits per heavy atom. The van der Waals surface area contributed by atoms with E-state index in [-0.39, 0.29) is 11.9 Å². The Morgan fingerprint density at radius 3 is 2.41 bits per heavy atom. The quantitative estimate of drug-likeness (QED) is 0.447. The summed E-state index contributed by atoms with van der Waals surface area (Å²) in [5.74, 6) is 0.164. The summed E-state index contributed by atoms with van der Waals surface area (Å²) in [6, 6.07) is 28.3. The zero-order chi connectivity index (χ0) is 21.8. The van der Waals surface area contributed by atoms with Gasteiger partial charge in [0.25, 0.3) is 0 Å². The van der Waals surface area contributed by atoms with Gasteiger partial charge in [-0.15, -0.1) is 0 Å². The Hall–Kier alpha value is -3.50. The first-order chi connectivity index (χ1) is 15.7. The third-order valence-corrected chi connectivity index (χ3v) is 6.14. The van der Waals surface area contributed by atoms with E-state index < -0.39 is 0 Å². The first-order valence-electron chi connectivity index (χ1n) is 11.2. The van der Waals surface area contributed by atoms with Gasteiger partial charge in [0.2, 0.25) is 5.91 Å². The molecule has 32 heavy (non-hydrogen) atoms. The number of fused-ring (bicyclic) bond motifs is 1. The Bertz CT molecular complexity index is 1220. The van der Waals surface area contributed by atoms with E-state index in [1.54, 1.807) is 0 Å². The van der Waals surface area contributed by atoms with Crippen LogP contribution in [0.25, 0.3) is 21.9 Å². The van der Waals surface area contributed by atoms with E-state index in [9.17, 15) is 4.79 Å². The smallest absolute Gasteiger partial charge is 0.220 e. The third kappa shape index (κ3) is 4.87. The fourth-order valence-electron chi connectivity index (χ4n) is 4.53. The second kappa shape index (κ2) is 9.33. The van der Waals surface area contributed by atoms with Gasteiger partial charge in [0.05, 0.1) is 0 Å². The van der Waals surface area contributed by atoms with Crippen LogP contribution >= 0.6 is 0 Å². The fourth-order valence-corrected chi connectivity index (χ4v) is 4.53. The predicted molar refractivity (Wildman–Crippen MR) is 129 cm³/mol. The summed E-state index contributed by atoms with van der Waals surface area (Å²) in [5.41, 5.74) is 4.96. The Kier molecular flexibility index (Phi) is 5.95. The number of benzene rings is 3. The van der Waals surface area contributed by atoms with Gasteiger partial charge in [0.15, 0.2) is 0 Å². The molecule has 1 aromatic heterocycles. The van der Waals surface area contributed by atoms with Crippen LogP contribution in [-0.4, -0.2) is 28.4 Å². The largest absolute Gasteiger partial charge is 0.352 e. The standard InChI is InChI=1S/C28H27N3O/c32-28-11-10-27(30-28)20-31(18-21-12-14-29-15-13-21)19-22-4-3-7-24(16-22)26-9-8-23-5-1-2-6-25(23)17-26/h1-9,12-17,27H,10-11,18-20H2,(H,30,32)/t27-/m0/s1. The number of amides is 1. The number of carbonyl (C=O) groups excluding carboxylic acids is 1. The van der Waals surface area contributed by atoms with E-state index >= 15 is 0 Å². The SMILES string of the molecule is O=C1CC[C@@H](CN(Cc2ccncc2)Cc2cccc(-c3ccc4ccccc4c3)c2)N1. The lowest BCUT2D eigenvalue weighted by Gasteiger charge is -2.26. The van der Waals surface area contributed by atoms with Crippen LogP contribution in [0.4, 0.5) is 0 Å². The van der Waals surface area contributed by atoms with Crippen LogP contribution in [0, 0.1) is 0 Å². The van der Waals surface area contributed by atoms with Crippen molar-refractivity contribution >= 4 is 16.7 Å². The maximum absolute atomic E-state index is 11.7. The van der Waals surface area contributed by atoms with Crippen LogP contribution in [-0.2, 0) is 17.9 Å². The molecule has 160 valence electrons. The molecule has 1 amide bonds. The molecule has 2 heterocycles. The van der Waals surface area contributed by atoms with Crippen molar-refractivity contribution in [1.29, 1.82) is 0 Å². The third-order valence-electron chi connectivity index (χ3n) is 6.14. The van der Waals surface area contributed by atoms with Crippen LogP contribution < -0.4 is 5.32 Å². The second-order valence-electron chi connectivity index (χ2n) is 8.59. The van der Waals surface area contributed by atoms with Crippen LogP contribution in [0.1, 0.15) is 24.0 Å². The van der Waals surface area contributed by atoms with E-state index in [1.165, 1.54) is 33.0 Å². The molecule has 4 nitrogen and oxygen atoms in total. The molecule has 1 fully saturated rings. The monoisotopic (exact) mass is 421 g/mol. The van der Waals surface area contributed by atoms with Crippen molar-refractivity contribution in [1.82, 2.24) is 15.2 Å². The summed E-state index contributed by atoms with van der Waals surface area (Å²) < 4.78 is 0. The molecule has 0 aliphatic carbocycles. The molecule has 0 radical (unpaired) electrons. The number of nitrogens with zero attached hydrogens (tertiary/aromatic N) is 2. The molecule has 3 aromatic carbocycles. The Morgan fingerprint density at radius 1 is 0.812 bits per heavy atom. The molecule has 1 N–H and O–H groups in total. The minimum absolute atomic E-state index is 0.164. The van der Waals surface area contributed by atoms with Gasteiger partial charge < -0.3 is 5.32 Å². The molecule has 0 bridgehead atoms. The second-order valence-corrected chi connectivity index (χ2v) is 8.59. The molecular formula is C28H27N3O.